The van der Waals surface area contributed by atoms with Gasteiger partial charge in [0.05, 0.1) is 28.4 Å². The van der Waals surface area contributed by atoms with Crippen LogP contribution in [0.2, 0.25) is 0 Å². The molecule has 3 heterocycles. The van der Waals surface area contributed by atoms with Crippen LogP contribution in [0, 0.1) is 11.3 Å². The lowest BCUT2D eigenvalue weighted by atomic mass is 9.83. The quantitative estimate of drug-likeness (QED) is 0.157. The number of para-hydroxylation sites is 1. The number of hydrogen-bond acceptors (Lipinski definition) is 7. The highest BCUT2D eigenvalue weighted by atomic mass is 15.1. The van der Waals surface area contributed by atoms with Gasteiger partial charge in [-0.3, -0.25) is 0 Å². The smallest absolute Gasteiger partial charge is 0.166 e. The molecule has 10 rings (SSSR count). The van der Waals surface area contributed by atoms with Gasteiger partial charge in [0.2, 0.25) is 0 Å². The van der Waals surface area contributed by atoms with E-state index in [-0.39, 0.29) is 10.8 Å². The highest BCUT2D eigenvalue weighted by Crippen LogP contribution is 2.40. The van der Waals surface area contributed by atoms with E-state index in [9.17, 15) is 5.26 Å². The summed E-state index contributed by atoms with van der Waals surface area (Å²) in [5.74, 6) is 3.39. The fraction of sp³-hybridized carbons (Fsp3) is 0.140. The van der Waals surface area contributed by atoms with Crippen molar-refractivity contribution in [2.24, 2.45) is 0 Å². The highest BCUT2D eigenvalue weighted by Gasteiger charge is 2.26. The monoisotopic (exact) mass is 842 g/mol. The lowest BCUT2D eigenvalue weighted by Gasteiger charge is -2.24. The Kier molecular flexibility index (Phi) is 10.2. The Morgan fingerprint density at radius 3 is 1.38 bits per heavy atom. The zero-order valence-electron chi connectivity index (χ0n) is 37.2. The summed E-state index contributed by atoms with van der Waals surface area (Å²) < 4.78 is 2.24. The maximum absolute atomic E-state index is 10.2. The standard InChI is InChI=1S/C57H46N8/c1-56(2,3)45-26-16-13-24-41(45)53-62-52(63-54(64-53)42-25-14-17-27-46(42)57(4,5)6)39-30-32-48-43(34-39)40-23-15-18-28-47(40)65(48)49-31-29-36(35-58)33-44(49)55-60-50(37-19-9-7-10-20-37)59-51(61-55)38-21-11-8-12-22-38/h7-34H,1-6H3. The number of hydrogen-bond donors (Lipinski definition) is 0. The zero-order chi connectivity index (χ0) is 44.9. The third-order valence-corrected chi connectivity index (χ3v) is 11.8. The Hall–Kier alpha value is -8.15. The van der Waals surface area contributed by atoms with E-state index < -0.39 is 0 Å². The van der Waals surface area contributed by atoms with Crippen LogP contribution in [-0.4, -0.2) is 34.5 Å². The fourth-order valence-electron chi connectivity index (χ4n) is 8.69. The van der Waals surface area contributed by atoms with Crippen molar-refractivity contribution in [3.63, 3.8) is 0 Å². The van der Waals surface area contributed by atoms with Crippen LogP contribution >= 0.6 is 0 Å². The van der Waals surface area contributed by atoms with Crippen LogP contribution in [0.1, 0.15) is 58.2 Å². The summed E-state index contributed by atoms with van der Waals surface area (Å²) in [6.07, 6.45) is 0. The van der Waals surface area contributed by atoms with Crippen molar-refractivity contribution in [1.29, 1.82) is 5.26 Å². The first-order valence-electron chi connectivity index (χ1n) is 21.9. The zero-order valence-corrected chi connectivity index (χ0v) is 37.2. The van der Waals surface area contributed by atoms with Crippen LogP contribution in [-0.2, 0) is 10.8 Å². The summed E-state index contributed by atoms with van der Waals surface area (Å²) in [7, 11) is 0. The second-order valence-corrected chi connectivity index (χ2v) is 18.4. The highest BCUT2D eigenvalue weighted by molar-refractivity contribution is 6.11. The number of fused-ring (bicyclic) bond motifs is 3. The first-order valence-corrected chi connectivity index (χ1v) is 21.9. The Labute approximate surface area is 379 Å². The lowest BCUT2D eigenvalue weighted by Crippen LogP contribution is -2.15. The van der Waals surface area contributed by atoms with Crippen LogP contribution < -0.4 is 0 Å². The molecular weight excluding hydrogens is 797 g/mol. The molecule has 3 aromatic heterocycles. The Bertz CT molecular complexity index is 3330. The SMILES string of the molecule is CC(C)(C)c1ccccc1-c1nc(-c2ccc3c(c2)c2ccccc2n3-c2ccc(C#N)cc2-c2nc(-c3ccccc3)nc(-c3ccccc3)n2)nc(-c2ccccc2C(C)(C)C)n1. The first kappa shape index (κ1) is 40.9. The molecule has 0 amide bonds. The third kappa shape index (κ3) is 7.72. The summed E-state index contributed by atoms with van der Waals surface area (Å²) in [6.45, 7) is 13.3. The minimum atomic E-state index is -0.147. The van der Waals surface area contributed by atoms with Gasteiger partial charge in [-0.2, -0.15) is 5.26 Å². The number of aromatic nitrogens is 7. The van der Waals surface area contributed by atoms with E-state index in [2.05, 4.69) is 143 Å². The molecule has 0 saturated heterocycles. The van der Waals surface area contributed by atoms with Gasteiger partial charge in [0.1, 0.15) is 0 Å². The lowest BCUT2D eigenvalue weighted by molar-refractivity contribution is 0.591. The molecule has 0 spiro atoms. The summed E-state index contributed by atoms with van der Waals surface area (Å²) in [5, 5.41) is 12.3. The van der Waals surface area contributed by atoms with Crippen molar-refractivity contribution in [1.82, 2.24) is 34.5 Å². The van der Waals surface area contributed by atoms with Gasteiger partial charge in [0.25, 0.3) is 0 Å². The van der Waals surface area contributed by atoms with Gasteiger partial charge in [0.15, 0.2) is 34.9 Å². The first-order chi connectivity index (χ1) is 31.4. The molecule has 0 saturated carbocycles. The normalized spacial score (nSPS) is 11.8. The van der Waals surface area contributed by atoms with Gasteiger partial charge < -0.3 is 4.57 Å². The average Bonchev–Trinajstić information content (AvgIpc) is 3.67. The molecule has 0 radical (unpaired) electrons. The summed E-state index contributed by atoms with van der Waals surface area (Å²) in [6, 6.07) is 59.6. The van der Waals surface area contributed by atoms with E-state index >= 15 is 0 Å². The molecule has 314 valence electrons. The predicted molar refractivity (Wildman–Crippen MR) is 262 cm³/mol. The molecule has 0 fully saturated rings. The molecule has 0 aliphatic carbocycles. The second kappa shape index (κ2) is 16.2. The molecule has 0 bridgehead atoms. The molecule has 0 aliphatic heterocycles. The molecular formula is C57H46N8. The molecule has 65 heavy (non-hydrogen) atoms. The van der Waals surface area contributed by atoms with Crippen molar-refractivity contribution < 1.29 is 0 Å². The van der Waals surface area contributed by atoms with Crippen molar-refractivity contribution >= 4 is 21.8 Å². The molecule has 0 atom stereocenters. The van der Waals surface area contributed by atoms with Crippen LogP contribution in [0.15, 0.2) is 170 Å². The Morgan fingerprint density at radius 1 is 0.385 bits per heavy atom. The van der Waals surface area contributed by atoms with E-state index in [1.54, 1.807) is 0 Å². The molecule has 7 aromatic carbocycles. The second-order valence-electron chi connectivity index (χ2n) is 18.4. The molecule has 0 aliphatic rings. The van der Waals surface area contributed by atoms with Crippen LogP contribution in [0.4, 0.5) is 0 Å². The number of benzene rings is 7. The Balaban J connectivity index is 1.20. The number of nitriles is 1. The number of nitrogens with zero attached hydrogens (tertiary/aromatic N) is 8. The molecule has 0 unspecified atom stereocenters. The maximum atomic E-state index is 10.2. The van der Waals surface area contributed by atoms with Gasteiger partial charge in [-0.25, -0.2) is 29.9 Å². The van der Waals surface area contributed by atoms with Gasteiger partial charge in [-0.15, -0.1) is 0 Å². The van der Waals surface area contributed by atoms with E-state index in [4.69, 9.17) is 29.9 Å². The maximum Gasteiger partial charge on any atom is 0.166 e. The van der Waals surface area contributed by atoms with Crippen molar-refractivity contribution in [3.05, 3.63) is 187 Å². The van der Waals surface area contributed by atoms with Crippen molar-refractivity contribution in [3.8, 4) is 80.1 Å². The third-order valence-electron chi connectivity index (χ3n) is 11.8. The molecule has 8 nitrogen and oxygen atoms in total. The fourth-order valence-corrected chi connectivity index (χ4v) is 8.69. The topological polar surface area (TPSA) is 106 Å². The largest absolute Gasteiger partial charge is 0.308 e. The van der Waals surface area contributed by atoms with Gasteiger partial charge in [-0.1, -0.05) is 169 Å². The van der Waals surface area contributed by atoms with Crippen molar-refractivity contribution in [2.45, 2.75) is 52.4 Å². The molecule has 0 N–H and O–H groups in total. The van der Waals surface area contributed by atoms with Crippen LogP contribution in [0.25, 0.3) is 95.8 Å². The van der Waals surface area contributed by atoms with Crippen molar-refractivity contribution in [2.75, 3.05) is 0 Å². The van der Waals surface area contributed by atoms with E-state index in [1.165, 1.54) is 0 Å². The summed E-state index contributed by atoms with van der Waals surface area (Å²) in [4.78, 5) is 30.9. The van der Waals surface area contributed by atoms with E-state index in [0.29, 0.717) is 46.1 Å². The van der Waals surface area contributed by atoms with Gasteiger partial charge in [0, 0.05) is 44.2 Å². The Morgan fingerprint density at radius 2 is 0.831 bits per heavy atom. The molecule has 10 aromatic rings. The minimum Gasteiger partial charge on any atom is -0.308 e. The number of rotatable bonds is 7. The molecule has 8 heteroatoms. The van der Waals surface area contributed by atoms with Crippen LogP contribution in [0.3, 0.4) is 0 Å². The average molecular weight is 843 g/mol. The predicted octanol–water partition coefficient (Wildman–Crippen LogP) is 13.6. The van der Waals surface area contributed by atoms with E-state index in [0.717, 1.165) is 66.4 Å². The summed E-state index contributed by atoms with van der Waals surface area (Å²) >= 11 is 0. The van der Waals surface area contributed by atoms with Crippen LogP contribution in [0.5, 0.6) is 0 Å². The van der Waals surface area contributed by atoms with Gasteiger partial charge >= 0.3 is 0 Å². The summed E-state index contributed by atoms with van der Waals surface area (Å²) in [5.41, 5.74) is 10.6. The minimum absolute atomic E-state index is 0.147. The van der Waals surface area contributed by atoms with E-state index in [1.807, 2.05) is 78.9 Å². The van der Waals surface area contributed by atoms with Gasteiger partial charge in [-0.05, 0) is 64.4 Å².